The van der Waals surface area contributed by atoms with Crippen LogP contribution in [0, 0.1) is 0 Å². The second-order valence-electron chi connectivity index (χ2n) is 5.93. The number of anilines is 1. The van der Waals surface area contributed by atoms with Crippen LogP contribution in [0.3, 0.4) is 0 Å². The molecule has 25 heavy (non-hydrogen) atoms. The number of aliphatic hydroxyl groups excluding tert-OH is 1. The Hall–Kier alpha value is -2.54. The van der Waals surface area contributed by atoms with Gasteiger partial charge in [0.2, 0.25) is 0 Å². The van der Waals surface area contributed by atoms with Gasteiger partial charge in [-0.25, -0.2) is 0 Å². The van der Waals surface area contributed by atoms with E-state index in [1.54, 1.807) is 12.1 Å². The minimum absolute atomic E-state index is 0.139. The summed E-state index contributed by atoms with van der Waals surface area (Å²) in [5.74, 6) is -0.398. The minimum Gasteiger partial charge on any atom is -0.507 e. The topological polar surface area (TPSA) is 88.6 Å². The number of rotatable bonds is 5. The van der Waals surface area contributed by atoms with E-state index < -0.39 is 5.79 Å². The summed E-state index contributed by atoms with van der Waals surface area (Å²) in [5.41, 5.74) is 4.94. The molecule has 132 valence electrons. The third-order valence-electron chi connectivity index (χ3n) is 4.69. The van der Waals surface area contributed by atoms with Crippen molar-refractivity contribution in [1.29, 1.82) is 0 Å². The maximum absolute atomic E-state index is 10.2. The largest absolute Gasteiger partial charge is 0.507 e. The third-order valence-corrected chi connectivity index (χ3v) is 4.69. The number of phenols is 1. The number of aromatic hydroxyl groups is 1. The Bertz CT molecular complexity index is 813. The molecule has 0 aromatic heterocycles. The monoisotopic (exact) mass is 340 g/mol. The second kappa shape index (κ2) is 6.76. The summed E-state index contributed by atoms with van der Waals surface area (Å²) in [6.45, 7) is -0.139. The van der Waals surface area contributed by atoms with Crippen molar-refractivity contribution < 1.29 is 10.2 Å². The van der Waals surface area contributed by atoms with Crippen molar-refractivity contribution in [3.05, 3.63) is 53.6 Å². The Balaban J connectivity index is 2.24. The first-order chi connectivity index (χ1) is 12.1. The SMILES string of the molecule is CNC1=CC(NC)(NC)Nc2ccc(-c3ccccc3O)c(CO)c21. The normalized spacial score (nSPS) is 15.1. The molecule has 0 saturated heterocycles. The highest BCUT2D eigenvalue weighted by Gasteiger charge is 2.32. The second-order valence-corrected chi connectivity index (χ2v) is 5.93. The molecule has 0 radical (unpaired) electrons. The Morgan fingerprint density at radius 3 is 2.32 bits per heavy atom. The van der Waals surface area contributed by atoms with E-state index in [0.29, 0.717) is 5.56 Å². The van der Waals surface area contributed by atoms with Crippen molar-refractivity contribution in [1.82, 2.24) is 16.0 Å². The van der Waals surface area contributed by atoms with Crippen LogP contribution in [0.2, 0.25) is 0 Å². The number of hydrogen-bond donors (Lipinski definition) is 6. The van der Waals surface area contributed by atoms with E-state index in [4.69, 9.17) is 0 Å². The number of fused-ring (bicyclic) bond motifs is 1. The van der Waals surface area contributed by atoms with Crippen molar-refractivity contribution in [2.75, 3.05) is 26.5 Å². The van der Waals surface area contributed by atoms with Gasteiger partial charge in [0.1, 0.15) is 5.75 Å². The molecule has 1 heterocycles. The van der Waals surface area contributed by atoms with Gasteiger partial charge < -0.3 is 20.8 Å². The summed E-state index contributed by atoms with van der Waals surface area (Å²) >= 11 is 0. The van der Waals surface area contributed by atoms with Gasteiger partial charge in [0.15, 0.2) is 5.79 Å². The van der Waals surface area contributed by atoms with Crippen molar-refractivity contribution >= 4 is 11.4 Å². The first-order valence-corrected chi connectivity index (χ1v) is 8.21. The average molecular weight is 340 g/mol. The first-order valence-electron chi connectivity index (χ1n) is 8.21. The molecule has 0 amide bonds. The van der Waals surface area contributed by atoms with Crippen molar-refractivity contribution in [3.63, 3.8) is 0 Å². The Morgan fingerprint density at radius 2 is 1.72 bits per heavy atom. The fraction of sp³-hybridized carbons (Fsp3) is 0.263. The number of aliphatic hydroxyl groups is 1. The highest BCUT2D eigenvalue weighted by molar-refractivity contribution is 5.88. The maximum atomic E-state index is 10.2. The van der Waals surface area contributed by atoms with Crippen molar-refractivity contribution in [2.45, 2.75) is 12.4 Å². The molecule has 0 aliphatic carbocycles. The minimum atomic E-state index is -0.589. The summed E-state index contributed by atoms with van der Waals surface area (Å²) in [5, 5.41) is 33.4. The first kappa shape index (κ1) is 17.3. The maximum Gasteiger partial charge on any atom is 0.165 e. The van der Waals surface area contributed by atoms with Gasteiger partial charge in [-0.2, -0.15) is 0 Å². The molecule has 0 atom stereocenters. The van der Waals surface area contributed by atoms with Crippen LogP contribution >= 0.6 is 0 Å². The van der Waals surface area contributed by atoms with Gasteiger partial charge in [0.05, 0.1) is 6.61 Å². The lowest BCUT2D eigenvalue weighted by molar-refractivity contribution is 0.282. The molecular weight excluding hydrogens is 316 g/mol. The van der Waals surface area contributed by atoms with E-state index in [2.05, 4.69) is 21.3 Å². The molecule has 0 spiro atoms. The summed E-state index contributed by atoms with van der Waals surface area (Å²) < 4.78 is 0. The van der Waals surface area contributed by atoms with Gasteiger partial charge in [0.25, 0.3) is 0 Å². The molecule has 6 heteroatoms. The van der Waals surface area contributed by atoms with Crippen LogP contribution in [-0.4, -0.2) is 37.1 Å². The summed E-state index contributed by atoms with van der Waals surface area (Å²) in [4.78, 5) is 0. The van der Waals surface area contributed by atoms with Crippen LogP contribution in [0.25, 0.3) is 16.8 Å². The summed E-state index contributed by atoms with van der Waals surface area (Å²) in [6.07, 6.45) is 2.00. The van der Waals surface area contributed by atoms with Crippen LogP contribution in [0.4, 0.5) is 5.69 Å². The van der Waals surface area contributed by atoms with Crippen molar-refractivity contribution in [3.8, 4) is 16.9 Å². The lowest BCUT2D eigenvalue weighted by atomic mass is 9.90. The predicted molar refractivity (Wildman–Crippen MR) is 101 cm³/mol. The number of phenolic OH excluding ortho intramolecular Hbond substituents is 1. The molecule has 3 rings (SSSR count). The average Bonchev–Trinajstić information content (AvgIpc) is 2.66. The van der Waals surface area contributed by atoms with Gasteiger partial charge in [-0.3, -0.25) is 10.6 Å². The van der Waals surface area contributed by atoms with E-state index in [1.807, 2.05) is 51.5 Å². The van der Waals surface area contributed by atoms with Crippen LogP contribution in [0.5, 0.6) is 5.75 Å². The van der Waals surface area contributed by atoms with E-state index in [-0.39, 0.29) is 12.4 Å². The lowest BCUT2D eigenvalue weighted by Gasteiger charge is -2.38. The molecule has 2 aromatic carbocycles. The summed E-state index contributed by atoms with van der Waals surface area (Å²) in [7, 11) is 5.58. The molecule has 0 saturated carbocycles. The quantitative estimate of drug-likeness (QED) is 0.464. The fourth-order valence-electron chi connectivity index (χ4n) is 3.31. The highest BCUT2D eigenvalue weighted by Crippen LogP contribution is 2.40. The van der Waals surface area contributed by atoms with Crippen LogP contribution in [-0.2, 0) is 6.61 Å². The van der Waals surface area contributed by atoms with Gasteiger partial charge in [-0.05, 0) is 43.4 Å². The zero-order valence-corrected chi connectivity index (χ0v) is 14.6. The van der Waals surface area contributed by atoms with Gasteiger partial charge in [-0.15, -0.1) is 0 Å². The number of nitrogens with one attached hydrogen (secondary N) is 4. The molecule has 6 N–H and O–H groups in total. The molecule has 0 unspecified atom stereocenters. The Labute approximate surface area is 147 Å². The molecule has 0 fully saturated rings. The van der Waals surface area contributed by atoms with E-state index in [9.17, 15) is 10.2 Å². The highest BCUT2D eigenvalue weighted by atomic mass is 16.3. The van der Waals surface area contributed by atoms with Crippen molar-refractivity contribution in [2.24, 2.45) is 0 Å². The fourth-order valence-corrected chi connectivity index (χ4v) is 3.31. The van der Waals surface area contributed by atoms with E-state index >= 15 is 0 Å². The molecule has 6 nitrogen and oxygen atoms in total. The zero-order valence-electron chi connectivity index (χ0n) is 14.6. The van der Waals surface area contributed by atoms with Crippen LogP contribution < -0.4 is 21.3 Å². The molecular formula is C19H24N4O2. The number of hydrogen-bond acceptors (Lipinski definition) is 6. The molecule has 1 aliphatic rings. The van der Waals surface area contributed by atoms with E-state index in [1.165, 1.54) is 0 Å². The lowest BCUT2D eigenvalue weighted by Crippen LogP contribution is -2.60. The molecule has 2 aromatic rings. The van der Waals surface area contributed by atoms with Crippen LogP contribution in [0.15, 0.2) is 42.5 Å². The molecule has 0 bridgehead atoms. The van der Waals surface area contributed by atoms with Gasteiger partial charge in [0, 0.05) is 29.6 Å². The number of benzene rings is 2. The predicted octanol–water partition coefficient (Wildman–Crippen LogP) is 1.63. The van der Waals surface area contributed by atoms with Crippen LogP contribution in [0.1, 0.15) is 11.1 Å². The Kier molecular flexibility index (Phi) is 4.67. The number of para-hydroxylation sites is 1. The standard InChI is InChI=1S/C19H24N4O2/c1-20-16-10-19(21-2,22-3)23-15-9-8-12(14(11-24)18(15)16)13-6-4-5-7-17(13)25/h4-10,20-25H,11H2,1-3H3. The smallest absolute Gasteiger partial charge is 0.165 e. The van der Waals surface area contributed by atoms with Gasteiger partial charge >= 0.3 is 0 Å². The van der Waals surface area contributed by atoms with Gasteiger partial charge in [-0.1, -0.05) is 24.3 Å². The molecule has 1 aliphatic heterocycles. The summed E-state index contributed by atoms with van der Waals surface area (Å²) in [6, 6.07) is 11.0. The third kappa shape index (κ3) is 2.84. The zero-order chi connectivity index (χ0) is 18.0. The Morgan fingerprint density at radius 1 is 1.00 bits per heavy atom. The van der Waals surface area contributed by atoms with E-state index in [0.717, 1.165) is 28.1 Å². The number of likely N-dealkylation sites (N-methyl/N-ethyl adjacent to an activating group) is 2.